The molecule has 0 amide bonds. The number of nitrogens with zero attached hydrogens (tertiary/aromatic N) is 5. The first-order valence-electron chi connectivity index (χ1n) is 16.1. The fourth-order valence-electron chi connectivity index (χ4n) is 4.86. The monoisotopic (exact) mass is 617 g/mol. The van der Waals surface area contributed by atoms with Gasteiger partial charge in [-0.2, -0.15) is 0 Å². The van der Waals surface area contributed by atoms with Crippen LogP contribution in [-0.4, -0.2) is 36.7 Å². The highest BCUT2D eigenvalue weighted by Crippen LogP contribution is 2.21. The summed E-state index contributed by atoms with van der Waals surface area (Å²) in [5, 5.41) is 8.73. The number of hydrogen-bond acceptors (Lipinski definition) is 9. The molecule has 4 aromatic rings. The van der Waals surface area contributed by atoms with E-state index in [-0.39, 0.29) is 11.6 Å². The van der Waals surface area contributed by atoms with E-state index in [1.807, 2.05) is 36.4 Å². The smallest absolute Gasteiger partial charge is 0.181 e. The van der Waals surface area contributed by atoms with Crippen LogP contribution in [0.3, 0.4) is 0 Å². The van der Waals surface area contributed by atoms with Crippen molar-refractivity contribution < 1.29 is 9.59 Å². The van der Waals surface area contributed by atoms with Crippen LogP contribution in [0.25, 0.3) is 34.2 Å². The summed E-state index contributed by atoms with van der Waals surface area (Å²) in [7, 11) is 0. The topological polar surface area (TPSA) is 151 Å². The second kappa shape index (κ2) is 17.4. The zero-order valence-corrected chi connectivity index (χ0v) is 26.8. The molecule has 0 aromatic carbocycles. The van der Waals surface area contributed by atoms with E-state index >= 15 is 0 Å². The van der Waals surface area contributed by atoms with E-state index in [0.717, 1.165) is 51.4 Å². The molecule has 9 nitrogen and oxygen atoms in total. The maximum absolute atomic E-state index is 12.6. The van der Waals surface area contributed by atoms with Crippen LogP contribution in [0, 0.1) is 0 Å². The van der Waals surface area contributed by atoms with E-state index in [1.54, 1.807) is 42.5 Å². The molecule has 4 heterocycles. The van der Waals surface area contributed by atoms with Gasteiger partial charge in [0.15, 0.2) is 11.6 Å². The maximum Gasteiger partial charge on any atom is 0.181 e. The number of aromatic nitrogens is 5. The normalized spacial score (nSPS) is 11.9. The van der Waals surface area contributed by atoms with E-state index in [1.165, 1.54) is 0 Å². The molecule has 4 aromatic heterocycles. The van der Waals surface area contributed by atoms with Gasteiger partial charge in [-0.3, -0.25) is 9.59 Å². The molecule has 0 fully saturated rings. The van der Waals surface area contributed by atoms with Crippen molar-refractivity contribution in [2.24, 2.45) is 11.5 Å². The van der Waals surface area contributed by atoms with Crippen LogP contribution < -0.4 is 11.5 Å². The molecular weight excluding hydrogens is 574 g/mol. The van der Waals surface area contributed by atoms with Crippen molar-refractivity contribution in [3.05, 3.63) is 102 Å². The van der Waals surface area contributed by atoms with E-state index in [0.29, 0.717) is 69.8 Å². The lowest BCUT2D eigenvalue weighted by atomic mass is 10.1. The van der Waals surface area contributed by atoms with Crippen LogP contribution in [0.5, 0.6) is 0 Å². The molecular formula is C37H43N7O2. The third-order valence-electron chi connectivity index (χ3n) is 7.56. The Hall–Kier alpha value is -5.05. The molecule has 0 unspecified atom stereocenters. The molecule has 0 saturated heterocycles. The standard InChI is InChI=1S/C37H43N7O2/c1-3-5-7-9-20-36(45)34-18-12-15-29(41-34)27(39)23-22-26(38)28-14-11-16-30(40-28)32-24-25-33(44-43-32)31-17-13-19-35(42-31)37(46)21-10-8-6-4-2/h11-19,22-25H,3-10,20-21,38-39H2,1-2H3/b26-22-,27-23-. The van der Waals surface area contributed by atoms with Gasteiger partial charge in [0, 0.05) is 12.8 Å². The Morgan fingerprint density at radius 3 is 1.41 bits per heavy atom. The highest BCUT2D eigenvalue weighted by molar-refractivity contribution is 5.95. The number of rotatable bonds is 17. The van der Waals surface area contributed by atoms with Gasteiger partial charge >= 0.3 is 0 Å². The average molecular weight is 618 g/mol. The van der Waals surface area contributed by atoms with Gasteiger partial charge in [-0.05, 0) is 73.5 Å². The minimum atomic E-state index is 0.0194. The first-order chi connectivity index (χ1) is 22.4. The summed E-state index contributed by atoms with van der Waals surface area (Å²) in [6, 6.07) is 19.8. The fourth-order valence-corrected chi connectivity index (χ4v) is 4.86. The van der Waals surface area contributed by atoms with Crippen LogP contribution in [0.4, 0.5) is 0 Å². The van der Waals surface area contributed by atoms with Gasteiger partial charge in [-0.15, -0.1) is 10.2 Å². The summed E-state index contributed by atoms with van der Waals surface area (Å²) in [5.74, 6) is 0.0600. The fraction of sp³-hybridized carbons (Fsp3) is 0.324. The van der Waals surface area contributed by atoms with Gasteiger partial charge in [0.1, 0.15) is 22.8 Å². The lowest BCUT2D eigenvalue weighted by Gasteiger charge is -2.06. The largest absolute Gasteiger partial charge is 0.397 e. The summed E-state index contributed by atoms with van der Waals surface area (Å²) < 4.78 is 0. The number of Topliss-reactive ketones (excluding diaryl/α,β-unsaturated/α-hetero) is 2. The van der Waals surface area contributed by atoms with E-state index < -0.39 is 0 Å². The van der Waals surface area contributed by atoms with Crippen molar-refractivity contribution in [3.63, 3.8) is 0 Å². The molecule has 9 heteroatoms. The number of unbranched alkanes of at least 4 members (excludes halogenated alkanes) is 6. The van der Waals surface area contributed by atoms with Crippen LogP contribution in [0.2, 0.25) is 0 Å². The highest BCUT2D eigenvalue weighted by atomic mass is 16.1. The van der Waals surface area contributed by atoms with Crippen molar-refractivity contribution >= 4 is 23.0 Å². The zero-order valence-electron chi connectivity index (χ0n) is 26.8. The van der Waals surface area contributed by atoms with Gasteiger partial charge in [0.05, 0.1) is 34.2 Å². The molecule has 0 spiro atoms. The lowest BCUT2D eigenvalue weighted by molar-refractivity contribution is 0.0966. The number of nitrogens with two attached hydrogens (primary N) is 2. The molecule has 4 N–H and O–H groups in total. The Balaban J connectivity index is 1.43. The molecule has 46 heavy (non-hydrogen) atoms. The number of allylic oxidation sites excluding steroid dienone is 2. The Morgan fingerprint density at radius 2 is 0.935 bits per heavy atom. The van der Waals surface area contributed by atoms with Crippen molar-refractivity contribution in [3.8, 4) is 22.8 Å². The lowest BCUT2D eigenvalue weighted by Crippen LogP contribution is -2.07. The molecule has 0 saturated carbocycles. The molecule has 0 aliphatic heterocycles. The van der Waals surface area contributed by atoms with E-state index in [4.69, 9.17) is 11.5 Å². The van der Waals surface area contributed by atoms with Crippen LogP contribution in [0.1, 0.15) is 110 Å². The predicted molar refractivity (Wildman–Crippen MR) is 183 cm³/mol. The highest BCUT2D eigenvalue weighted by Gasteiger charge is 2.12. The summed E-state index contributed by atoms with van der Waals surface area (Å²) in [5.41, 5.74) is 17.7. The second-order valence-corrected chi connectivity index (χ2v) is 11.2. The van der Waals surface area contributed by atoms with E-state index in [2.05, 4.69) is 39.0 Å². The second-order valence-electron chi connectivity index (χ2n) is 11.2. The molecule has 0 aliphatic rings. The van der Waals surface area contributed by atoms with Crippen molar-refractivity contribution in [2.75, 3.05) is 0 Å². The third kappa shape index (κ3) is 9.72. The van der Waals surface area contributed by atoms with E-state index in [9.17, 15) is 9.59 Å². The minimum Gasteiger partial charge on any atom is -0.397 e. The number of carbonyl (C=O) groups is 2. The quantitative estimate of drug-likeness (QED) is 0.0693. The van der Waals surface area contributed by atoms with Crippen LogP contribution >= 0.6 is 0 Å². The van der Waals surface area contributed by atoms with Gasteiger partial charge in [0.25, 0.3) is 0 Å². The van der Waals surface area contributed by atoms with Gasteiger partial charge in [-0.1, -0.05) is 70.6 Å². The summed E-state index contributed by atoms with van der Waals surface area (Å²) in [4.78, 5) is 38.9. The molecule has 0 atom stereocenters. The maximum atomic E-state index is 12.6. The van der Waals surface area contributed by atoms with Gasteiger partial charge < -0.3 is 11.5 Å². The molecule has 238 valence electrons. The Labute approximate surface area is 271 Å². The molecule has 0 radical (unpaired) electrons. The first-order valence-corrected chi connectivity index (χ1v) is 16.1. The molecule has 0 bridgehead atoms. The Kier molecular flexibility index (Phi) is 12.8. The number of hydrogen-bond donors (Lipinski definition) is 2. The van der Waals surface area contributed by atoms with Gasteiger partial charge in [-0.25, -0.2) is 15.0 Å². The summed E-state index contributed by atoms with van der Waals surface area (Å²) in [6.07, 6.45) is 12.6. The Morgan fingerprint density at radius 1 is 0.522 bits per heavy atom. The summed E-state index contributed by atoms with van der Waals surface area (Å²) >= 11 is 0. The summed E-state index contributed by atoms with van der Waals surface area (Å²) in [6.45, 7) is 4.29. The first kappa shape index (κ1) is 33.8. The Bertz CT molecular complexity index is 1680. The zero-order chi connectivity index (χ0) is 32.7. The van der Waals surface area contributed by atoms with Gasteiger partial charge in [0.2, 0.25) is 0 Å². The molecule has 4 rings (SSSR count). The number of ketones is 2. The third-order valence-corrected chi connectivity index (χ3v) is 7.56. The molecule has 0 aliphatic carbocycles. The van der Waals surface area contributed by atoms with Crippen molar-refractivity contribution in [2.45, 2.75) is 78.1 Å². The SMILES string of the molecule is CCCCCCC(=O)c1cccc(/C(N)=C/C=C(\N)c2cccc(-c3ccc(-c4cccc(C(=O)CCCCCC)n4)nn3)n2)n1. The average Bonchev–Trinajstić information content (AvgIpc) is 3.10. The number of pyridine rings is 3. The van der Waals surface area contributed by atoms with Crippen molar-refractivity contribution in [1.29, 1.82) is 0 Å². The van der Waals surface area contributed by atoms with Crippen LogP contribution in [0.15, 0.2) is 78.9 Å². The van der Waals surface area contributed by atoms with Crippen LogP contribution in [-0.2, 0) is 0 Å². The number of carbonyl (C=O) groups excluding carboxylic acids is 2. The van der Waals surface area contributed by atoms with Crippen molar-refractivity contribution in [1.82, 2.24) is 25.1 Å². The predicted octanol–water partition coefficient (Wildman–Crippen LogP) is 7.60. The minimum absolute atomic E-state index is 0.0194.